The van der Waals surface area contributed by atoms with E-state index >= 15 is 0 Å². The predicted octanol–water partition coefficient (Wildman–Crippen LogP) is 0.972. The largest absolute Gasteiger partial charge is 0.347 e. The Balaban J connectivity index is 1.55. The van der Waals surface area contributed by atoms with E-state index in [9.17, 15) is 24.0 Å². The van der Waals surface area contributed by atoms with Gasteiger partial charge in [-0.05, 0) is 30.9 Å². The molecule has 190 valence electrons. The molecule has 1 aromatic rings. The van der Waals surface area contributed by atoms with E-state index in [1.54, 1.807) is 0 Å². The Morgan fingerprint density at radius 3 is 2.31 bits per heavy atom. The zero-order valence-electron chi connectivity index (χ0n) is 21.0. The molecule has 0 spiro atoms. The highest BCUT2D eigenvalue weighted by Gasteiger charge is 2.40. The molecule has 1 fully saturated rings. The number of hydrogen-bond acceptors (Lipinski definition) is 5. The van der Waals surface area contributed by atoms with E-state index in [1.807, 2.05) is 46.0 Å². The monoisotopic (exact) mass is 484 g/mol. The number of carbonyl (C=O) groups is 5. The summed E-state index contributed by atoms with van der Waals surface area (Å²) >= 11 is 0. The number of amides is 5. The van der Waals surface area contributed by atoms with Gasteiger partial charge in [0.05, 0.1) is 13.1 Å². The standard InChI is InChI=1S/C25H37BN4O5/c1-3-17(2)20-13-24(34)30(25(20)35)12-6-4-5-7-21(31)27-15-22(32)28-16-23(33)29-19-10-8-18(14-26)9-11-19/h8-11,17,20H,3-7,12-16,26H2,1-2H3,(H,27,31)(H,28,32)(H,29,33). The van der Waals surface area contributed by atoms with Gasteiger partial charge in [0.2, 0.25) is 29.5 Å². The van der Waals surface area contributed by atoms with E-state index in [4.69, 9.17) is 0 Å². The summed E-state index contributed by atoms with van der Waals surface area (Å²) in [5.74, 6) is -1.24. The third-order valence-electron chi connectivity index (χ3n) is 6.43. The van der Waals surface area contributed by atoms with Crippen LogP contribution in [0.25, 0.3) is 0 Å². The summed E-state index contributed by atoms with van der Waals surface area (Å²) in [5.41, 5.74) is 1.82. The fourth-order valence-corrected chi connectivity index (χ4v) is 3.94. The van der Waals surface area contributed by atoms with Crippen molar-refractivity contribution in [3.63, 3.8) is 0 Å². The number of rotatable bonds is 14. The van der Waals surface area contributed by atoms with Crippen LogP contribution in [0.1, 0.15) is 57.9 Å². The van der Waals surface area contributed by atoms with Gasteiger partial charge in [-0.25, -0.2) is 0 Å². The molecular formula is C25H37BN4O5. The Bertz CT molecular complexity index is 906. The first-order valence-corrected chi connectivity index (χ1v) is 12.5. The number of likely N-dealkylation sites (tertiary alicyclic amines) is 1. The van der Waals surface area contributed by atoms with E-state index in [2.05, 4.69) is 16.0 Å². The average molecular weight is 484 g/mol. The Hall–Kier alpha value is -3.17. The number of carbonyl (C=O) groups excluding carboxylic acids is 5. The van der Waals surface area contributed by atoms with Gasteiger partial charge in [-0.3, -0.25) is 28.9 Å². The van der Waals surface area contributed by atoms with Gasteiger partial charge < -0.3 is 16.0 Å². The lowest BCUT2D eigenvalue weighted by Gasteiger charge is -2.17. The molecule has 1 aliphatic heterocycles. The fraction of sp³-hybridized carbons (Fsp3) is 0.560. The molecule has 1 aromatic carbocycles. The van der Waals surface area contributed by atoms with Crippen molar-refractivity contribution in [2.45, 2.75) is 58.7 Å². The molecule has 0 bridgehead atoms. The zero-order chi connectivity index (χ0) is 25.8. The Morgan fingerprint density at radius 2 is 1.66 bits per heavy atom. The number of nitrogens with zero attached hydrogens (tertiary/aromatic N) is 1. The van der Waals surface area contributed by atoms with Gasteiger partial charge in [-0.15, -0.1) is 0 Å². The molecule has 0 aliphatic carbocycles. The molecule has 2 atom stereocenters. The molecule has 0 saturated carbocycles. The number of unbranched alkanes of at least 4 members (excludes halogenated alkanes) is 2. The van der Waals surface area contributed by atoms with Crippen LogP contribution in [0.5, 0.6) is 0 Å². The molecule has 9 nitrogen and oxygen atoms in total. The molecule has 1 aliphatic rings. The smallest absolute Gasteiger partial charge is 0.243 e. The quantitative estimate of drug-likeness (QED) is 0.206. The minimum Gasteiger partial charge on any atom is -0.347 e. The predicted molar refractivity (Wildman–Crippen MR) is 136 cm³/mol. The van der Waals surface area contributed by atoms with Crippen LogP contribution in [-0.2, 0) is 30.3 Å². The number of imide groups is 1. The second-order valence-corrected chi connectivity index (χ2v) is 9.04. The summed E-state index contributed by atoms with van der Waals surface area (Å²) in [4.78, 5) is 61.7. The van der Waals surface area contributed by atoms with Crippen LogP contribution in [0.3, 0.4) is 0 Å². The van der Waals surface area contributed by atoms with Crippen LogP contribution in [0.2, 0.25) is 0 Å². The molecule has 3 N–H and O–H groups in total. The normalized spacial score (nSPS) is 16.2. The molecule has 1 heterocycles. The maximum Gasteiger partial charge on any atom is 0.243 e. The van der Waals surface area contributed by atoms with E-state index < -0.39 is 5.91 Å². The lowest BCUT2D eigenvalue weighted by Crippen LogP contribution is -2.40. The van der Waals surface area contributed by atoms with Gasteiger partial charge in [0, 0.05) is 31.0 Å². The summed E-state index contributed by atoms with van der Waals surface area (Å²) in [7, 11) is 2.05. The van der Waals surface area contributed by atoms with Crippen molar-refractivity contribution in [2.24, 2.45) is 11.8 Å². The molecule has 0 aromatic heterocycles. The van der Waals surface area contributed by atoms with Gasteiger partial charge in [0.25, 0.3) is 0 Å². The summed E-state index contributed by atoms with van der Waals surface area (Å²) in [6.45, 7) is 4.02. The average Bonchev–Trinajstić information content (AvgIpc) is 3.14. The first kappa shape index (κ1) is 28.1. The van der Waals surface area contributed by atoms with Crippen molar-refractivity contribution in [3.05, 3.63) is 29.8 Å². The number of nitrogens with one attached hydrogen (secondary N) is 3. The SMILES string of the molecule is BCc1ccc(NC(=O)CNC(=O)CNC(=O)CCCCCN2C(=O)CC(C(C)CC)C2=O)cc1. The van der Waals surface area contributed by atoms with Gasteiger partial charge in [0.1, 0.15) is 7.85 Å². The van der Waals surface area contributed by atoms with Gasteiger partial charge in [0.15, 0.2) is 0 Å². The summed E-state index contributed by atoms with van der Waals surface area (Å²) < 4.78 is 0. The van der Waals surface area contributed by atoms with Crippen LogP contribution < -0.4 is 16.0 Å². The fourth-order valence-electron chi connectivity index (χ4n) is 3.94. The first-order valence-electron chi connectivity index (χ1n) is 12.5. The van der Waals surface area contributed by atoms with Gasteiger partial charge >= 0.3 is 0 Å². The third kappa shape index (κ3) is 9.18. The summed E-state index contributed by atoms with van der Waals surface area (Å²) in [6.07, 6.45) is 4.27. The van der Waals surface area contributed by atoms with Crippen molar-refractivity contribution in [3.8, 4) is 0 Å². The maximum absolute atomic E-state index is 12.4. The van der Waals surface area contributed by atoms with Crippen molar-refractivity contribution in [1.29, 1.82) is 0 Å². The van der Waals surface area contributed by atoms with Crippen LogP contribution in [0.4, 0.5) is 5.69 Å². The van der Waals surface area contributed by atoms with Crippen molar-refractivity contribution < 1.29 is 24.0 Å². The lowest BCUT2D eigenvalue weighted by molar-refractivity contribution is -0.140. The van der Waals surface area contributed by atoms with E-state index in [0.717, 1.165) is 12.7 Å². The van der Waals surface area contributed by atoms with E-state index in [1.165, 1.54) is 10.5 Å². The topological polar surface area (TPSA) is 125 Å². The molecule has 2 unspecified atom stereocenters. The minimum atomic E-state index is -0.447. The first-order chi connectivity index (χ1) is 16.7. The van der Waals surface area contributed by atoms with Crippen molar-refractivity contribution >= 4 is 43.1 Å². The molecular weight excluding hydrogens is 447 g/mol. The van der Waals surface area contributed by atoms with Crippen LogP contribution in [0.15, 0.2) is 24.3 Å². The van der Waals surface area contributed by atoms with E-state index in [0.29, 0.717) is 37.9 Å². The highest BCUT2D eigenvalue weighted by Crippen LogP contribution is 2.28. The van der Waals surface area contributed by atoms with Crippen molar-refractivity contribution in [2.75, 3.05) is 25.0 Å². The lowest BCUT2D eigenvalue weighted by atomic mass is 9.90. The van der Waals surface area contributed by atoms with Gasteiger partial charge in [-0.2, -0.15) is 0 Å². The van der Waals surface area contributed by atoms with Crippen LogP contribution in [0, 0.1) is 11.8 Å². The number of benzene rings is 1. The molecule has 5 amide bonds. The highest BCUT2D eigenvalue weighted by atomic mass is 16.2. The number of hydrogen-bond donors (Lipinski definition) is 3. The molecule has 10 heteroatoms. The zero-order valence-corrected chi connectivity index (χ0v) is 21.0. The Kier molecular flexibility index (Phi) is 11.5. The highest BCUT2D eigenvalue weighted by molar-refractivity contribution is 6.08. The Labute approximate surface area is 208 Å². The van der Waals surface area contributed by atoms with E-state index in [-0.39, 0.29) is 55.0 Å². The molecule has 0 radical (unpaired) electrons. The summed E-state index contributed by atoms with van der Waals surface area (Å²) in [5, 5.41) is 7.72. The Morgan fingerprint density at radius 1 is 1.00 bits per heavy atom. The second kappa shape index (κ2) is 14.3. The van der Waals surface area contributed by atoms with Crippen LogP contribution >= 0.6 is 0 Å². The third-order valence-corrected chi connectivity index (χ3v) is 6.43. The molecule has 35 heavy (non-hydrogen) atoms. The number of anilines is 1. The maximum atomic E-state index is 12.4. The van der Waals surface area contributed by atoms with Crippen molar-refractivity contribution in [1.82, 2.24) is 15.5 Å². The van der Waals surface area contributed by atoms with Gasteiger partial charge in [-0.1, -0.05) is 50.7 Å². The molecule has 1 saturated heterocycles. The summed E-state index contributed by atoms with van der Waals surface area (Å²) in [6, 6.07) is 7.48. The van der Waals surface area contributed by atoms with Crippen LogP contribution in [-0.4, -0.2) is 61.9 Å². The minimum absolute atomic E-state index is 0.0730. The second-order valence-electron chi connectivity index (χ2n) is 9.04. The molecule has 2 rings (SSSR count).